The maximum absolute atomic E-state index is 12.4. The topological polar surface area (TPSA) is 68.1 Å². The van der Waals surface area contributed by atoms with E-state index in [4.69, 9.17) is 16.3 Å². The van der Waals surface area contributed by atoms with E-state index in [1.165, 1.54) is 12.7 Å². The third-order valence-corrected chi connectivity index (χ3v) is 5.85. The second-order valence-electron chi connectivity index (χ2n) is 6.41. The van der Waals surface area contributed by atoms with Crippen LogP contribution in [-0.4, -0.2) is 18.2 Å². The van der Waals surface area contributed by atoms with Gasteiger partial charge in [-0.05, 0) is 48.4 Å². The van der Waals surface area contributed by atoms with Gasteiger partial charge >= 0.3 is 5.97 Å². The van der Waals surface area contributed by atoms with E-state index in [-0.39, 0.29) is 5.12 Å². The molecule has 0 aromatic heterocycles. The predicted molar refractivity (Wildman–Crippen MR) is 110 cm³/mol. The van der Waals surface area contributed by atoms with Crippen LogP contribution in [0.5, 0.6) is 0 Å². The third-order valence-electron chi connectivity index (χ3n) is 4.32. The Hall–Kier alpha value is -2.44. The molecule has 1 aliphatic heterocycles. The van der Waals surface area contributed by atoms with Gasteiger partial charge < -0.3 is 4.74 Å². The van der Waals surface area contributed by atoms with Crippen molar-refractivity contribution in [3.63, 3.8) is 0 Å². The molecule has 7 heteroatoms. The van der Waals surface area contributed by atoms with Crippen molar-refractivity contribution in [2.24, 2.45) is 16.1 Å². The molecule has 3 rings (SSSR count). The summed E-state index contributed by atoms with van der Waals surface area (Å²) >= 11 is 7.42. The van der Waals surface area contributed by atoms with Gasteiger partial charge in [-0.1, -0.05) is 53.6 Å². The zero-order valence-corrected chi connectivity index (χ0v) is 17.1. The number of ether oxygens (including phenoxy) is 1. The van der Waals surface area contributed by atoms with Crippen LogP contribution in [0.15, 0.2) is 68.8 Å². The number of azo groups is 1. The Morgan fingerprint density at radius 3 is 2.64 bits per heavy atom. The van der Waals surface area contributed by atoms with Crippen LogP contribution in [0.4, 0.5) is 0 Å². The minimum absolute atomic E-state index is 0.0715. The Labute approximate surface area is 172 Å². The quantitative estimate of drug-likeness (QED) is 0.476. The molecule has 5 nitrogen and oxygen atoms in total. The van der Waals surface area contributed by atoms with E-state index in [1.807, 2.05) is 37.3 Å². The molecular formula is C21H19ClN2O3S. The van der Waals surface area contributed by atoms with Crippen molar-refractivity contribution < 1.29 is 14.3 Å². The first-order valence-corrected chi connectivity index (χ1v) is 9.89. The van der Waals surface area contributed by atoms with Gasteiger partial charge in [0.2, 0.25) is 5.12 Å². The van der Waals surface area contributed by atoms with Crippen molar-refractivity contribution in [3.05, 3.63) is 80.8 Å². The zero-order chi connectivity index (χ0) is 20.1. The number of hydrogen-bond donors (Lipinski definition) is 0. The molecule has 0 amide bonds. The lowest BCUT2D eigenvalue weighted by Crippen LogP contribution is -2.11. The molecule has 0 aliphatic carbocycles. The van der Waals surface area contributed by atoms with Crippen LogP contribution < -0.4 is 0 Å². The van der Waals surface area contributed by atoms with E-state index < -0.39 is 11.9 Å². The first kappa shape index (κ1) is 20.3. The van der Waals surface area contributed by atoms with Gasteiger partial charge in [0, 0.05) is 0 Å². The lowest BCUT2D eigenvalue weighted by molar-refractivity contribution is -0.112. The number of thioether (sulfide) groups is 1. The first-order valence-electron chi connectivity index (χ1n) is 8.69. The number of nitrogens with zero attached hydrogens (tertiary/aromatic N) is 2. The summed E-state index contributed by atoms with van der Waals surface area (Å²) in [5, 5.41) is 9.10. The Balaban J connectivity index is 1.70. The molecule has 0 bridgehead atoms. The number of carbonyl (C=O) groups is 2. The minimum Gasteiger partial charge on any atom is -0.465 e. The van der Waals surface area contributed by atoms with E-state index in [0.29, 0.717) is 28.6 Å². The molecule has 2 aromatic carbocycles. The molecule has 0 saturated carbocycles. The fourth-order valence-corrected chi connectivity index (χ4v) is 4.03. The smallest absolute Gasteiger partial charge is 0.337 e. The minimum atomic E-state index is -0.493. The van der Waals surface area contributed by atoms with E-state index >= 15 is 0 Å². The molecule has 1 atom stereocenters. The Morgan fingerprint density at radius 2 is 1.93 bits per heavy atom. The molecule has 1 aliphatic rings. The number of aryl methyl sites for hydroxylation is 1. The lowest BCUT2D eigenvalue weighted by atomic mass is 9.99. The van der Waals surface area contributed by atoms with Crippen molar-refractivity contribution >= 4 is 34.4 Å². The SMILES string of the molecule is COC(=O)c1cccc(CC2C(=O)SC(N=NCc3ccc(C)cc3)=C2Cl)c1. The van der Waals surface area contributed by atoms with Gasteiger partial charge in [0.25, 0.3) is 0 Å². The fraction of sp³-hybridized carbons (Fsp3) is 0.238. The number of methoxy groups -OCH3 is 1. The summed E-state index contributed by atoms with van der Waals surface area (Å²) in [7, 11) is 1.33. The molecule has 0 N–H and O–H groups in total. The largest absolute Gasteiger partial charge is 0.465 e. The first-order chi connectivity index (χ1) is 13.5. The highest BCUT2D eigenvalue weighted by Crippen LogP contribution is 2.42. The van der Waals surface area contributed by atoms with Crippen molar-refractivity contribution in [1.82, 2.24) is 0 Å². The molecular weight excluding hydrogens is 396 g/mol. The number of rotatable bonds is 6. The number of hydrogen-bond acceptors (Lipinski definition) is 6. The normalized spacial score (nSPS) is 16.8. The maximum atomic E-state index is 12.4. The number of allylic oxidation sites excluding steroid dienone is 1. The summed E-state index contributed by atoms with van der Waals surface area (Å²) < 4.78 is 4.74. The van der Waals surface area contributed by atoms with Crippen LogP contribution in [0.1, 0.15) is 27.0 Å². The van der Waals surface area contributed by atoms with Crippen LogP contribution in [-0.2, 0) is 22.5 Å². The van der Waals surface area contributed by atoms with Crippen LogP contribution in [0.3, 0.4) is 0 Å². The summed E-state index contributed by atoms with van der Waals surface area (Å²) in [5.41, 5.74) is 3.49. The second-order valence-corrected chi connectivity index (χ2v) is 7.81. The number of carbonyl (C=O) groups excluding carboxylic acids is 2. The van der Waals surface area contributed by atoms with Crippen molar-refractivity contribution in [1.29, 1.82) is 0 Å². The Kier molecular flexibility index (Phi) is 6.65. The van der Waals surface area contributed by atoms with Crippen molar-refractivity contribution in [3.8, 4) is 0 Å². The molecule has 144 valence electrons. The van der Waals surface area contributed by atoms with E-state index in [9.17, 15) is 9.59 Å². The highest BCUT2D eigenvalue weighted by Gasteiger charge is 2.34. The molecule has 0 saturated heterocycles. The predicted octanol–water partition coefficient (Wildman–Crippen LogP) is 5.27. The molecule has 0 fully saturated rings. The van der Waals surface area contributed by atoms with Gasteiger partial charge in [-0.15, -0.1) is 5.11 Å². The summed E-state index contributed by atoms with van der Waals surface area (Å²) in [4.78, 5) is 24.1. The maximum Gasteiger partial charge on any atom is 0.337 e. The number of halogens is 1. The average Bonchev–Trinajstić information content (AvgIpc) is 2.96. The Morgan fingerprint density at radius 1 is 1.18 bits per heavy atom. The highest BCUT2D eigenvalue weighted by atomic mass is 35.5. The van der Waals surface area contributed by atoms with E-state index in [0.717, 1.165) is 22.9 Å². The lowest BCUT2D eigenvalue weighted by Gasteiger charge is -2.09. The summed E-state index contributed by atoms with van der Waals surface area (Å²) in [5.74, 6) is -0.908. The molecule has 0 radical (unpaired) electrons. The van der Waals surface area contributed by atoms with Crippen LogP contribution in [0.25, 0.3) is 0 Å². The van der Waals surface area contributed by atoms with Crippen LogP contribution in [0, 0.1) is 12.8 Å². The standard InChI is InChI=1S/C21H19ClN2O3S/c1-13-6-8-14(9-7-13)12-23-24-19-18(22)17(21(26)28-19)11-15-4-3-5-16(10-15)20(25)27-2/h3-10,17H,11-12H2,1-2H3. The van der Waals surface area contributed by atoms with Gasteiger partial charge in [0.15, 0.2) is 0 Å². The van der Waals surface area contributed by atoms with Crippen LogP contribution >= 0.6 is 23.4 Å². The van der Waals surface area contributed by atoms with Gasteiger partial charge in [0.05, 0.1) is 30.2 Å². The molecule has 0 spiro atoms. The summed E-state index contributed by atoms with van der Waals surface area (Å²) in [6.45, 7) is 2.45. The van der Waals surface area contributed by atoms with E-state index in [2.05, 4.69) is 10.2 Å². The molecule has 2 aromatic rings. The number of benzene rings is 2. The molecule has 1 heterocycles. The number of esters is 1. The van der Waals surface area contributed by atoms with Gasteiger partial charge in [0.1, 0.15) is 5.03 Å². The van der Waals surface area contributed by atoms with Crippen LogP contribution in [0.2, 0.25) is 0 Å². The van der Waals surface area contributed by atoms with Crippen molar-refractivity contribution in [2.75, 3.05) is 7.11 Å². The molecule has 28 heavy (non-hydrogen) atoms. The molecule has 1 unspecified atom stereocenters. The second kappa shape index (κ2) is 9.17. The monoisotopic (exact) mass is 414 g/mol. The highest BCUT2D eigenvalue weighted by molar-refractivity contribution is 8.17. The average molecular weight is 415 g/mol. The van der Waals surface area contributed by atoms with Gasteiger partial charge in [-0.25, -0.2) is 4.79 Å². The van der Waals surface area contributed by atoms with E-state index in [1.54, 1.807) is 18.2 Å². The summed E-state index contributed by atoms with van der Waals surface area (Å²) in [6, 6.07) is 15.0. The van der Waals surface area contributed by atoms with Crippen molar-refractivity contribution in [2.45, 2.75) is 19.9 Å². The summed E-state index contributed by atoms with van der Waals surface area (Å²) in [6.07, 6.45) is 0.395. The van der Waals surface area contributed by atoms with Gasteiger partial charge in [-0.3, -0.25) is 4.79 Å². The Bertz CT molecular complexity index is 954. The zero-order valence-electron chi connectivity index (χ0n) is 15.5. The van der Waals surface area contributed by atoms with Gasteiger partial charge in [-0.2, -0.15) is 5.11 Å². The third kappa shape index (κ3) is 4.88. The fourth-order valence-electron chi connectivity index (χ4n) is 2.76.